The number of carbonyl (C=O) groups excluding carboxylic acids is 1. The van der Waals surface area contributed by atoms with E-state index >= 15 is 0 Å². The lowest BCUT2D eigenvalue weighted by Crippen LogP contribution is -2.19. The maximum atomic E-state index is 12.3. The highest BCUT2D eigenvalue weighted by atomic mass is 16.3. The van der Waals surface area contributed by atoms with Gasteiger partial charge < -0.3 is 5.11 Å². The molecule has 0 atom stereocenters. The van der Waals surface area contributed by atoms with Gasteiger partial charge in [-0.2, -0.15) is 10.2 Å². The first-order valence-corrected chi connectivity index (χ1v) is 9.21. The van der Waals surface area contributed by atoms with Crippen molar-refractivity contribution in [2.24, 2.45) is 11.0 Å². The number of benzene rings is 2. The molecule has 2 aromatic carbocycles. The van der Waals surface area contributed by atoms with E-state index in [1.54, 1.807) is 37.3 Å². The van der Waals surface area contributed by atoms with Crippen molar-refractivity contribution in [1.82, 2.24) is 15.6 Å². The molecule has 3 aromatic rings. The second-order valence-electron chi connectivity index (χ2n) is 7.15. The number of hydrogen-bond donors (Lipinski definition) is 3. The van der Waals surface area contributed by atoms with E-state index in [2.05, 4.69) is 46.7 Å². The number of phenols is 1. The lowest BCUT2D eigenvalue weighted by atomic mass is 10.0. The Hall–Kier alpha value is -3.41. The summed E-state index contributed by atoms with van der Waals surface area (Å²) in [4.78, 5) is 12.3. The average molecular weight is 376 g/mol. The zero-order valence-electron chi connectivity index (χ0n) is 16.2. The van der Waals surface area contributed by atoms with Crippen molar-refractivity contribution in [1.29, 1.82) is 0 Å². The number of aromatic amines is 1. The summed E-state index contributed by atoms with van der Waals surface area (Å²) in [7, 11) is 0. The van der Waals surface area contributed by atoms with Crippen molar-refractivity contribution in [3.05, 3.63) is 71.4 Å². The molecule has 1 aromatic heterocycles. The summed E-state index contributed by atoms with van der Waals surface area (Å²) in [6.45, 7) is 6.17. The Labute approximate surface area is 164 Å². The predicted octanol–water partition coefficient (Wildman–Crippen LogP) is 4.13. The molecule has 1 amide bonds. The van der Waals surface area contributed by atoms with Gasteiger partial charge >= 0.3 is 0 Å². The summed E-state index contributed by atoms with van der Waals surface area (Å²) in [6.07, 6.45) is 1.03. The van der Waals surface area contributed by atoms with E-state index in [-0.39, 0.29) is 11.7 Å². The van der Waals surface area contributed by atoms with Gasteiger partial charge in [0.15, 0.2) is 0 Å². The average Bonchev–Trinajstić information content (AvgIpc) is 3.17. The number of nitrogens with zero attached hydrogens (tertiary/aromatic N) is 2. The van der Waals surface area contributed by atoms with Gasteiger partial charge in [-0.15, -0.1) is 0 Å². The number of nitrogens with one attached hydrogen (secondary N) is 2. The van der Waals surface area contributed by atoms with Gasteiger partial charge in [0.2, 0.25) is 0 Å². The lowest BCUT2D eigenvalue weighted by Gasteiger charge is -2.05. The SMILES string of the molecule is C/C(=N\NC(=O)c1cc(-c2ccc(CC(C)C)cc2)n[nH]1)c1ccc(O)cc1. The minimum Gasteiger partial charge on any atom is -0.508 e. The molecule has 144 valence electrons. The van der Waals surface area contributed by atoms with Crippen LogP contribution in [0.3, 0.4) is 0 Å². The maximum absolute atomic E-state index is 12.3. The normalized spacial score (nSPS) is 11.6. The number of hydrogen-bond acceptors (Lipinski definition) is 4. The molecule has 0 fully saturated rings. The van der Waals surface area contributed by atoms with Crippen LogP contribution in [-0.4, -0.2) is 26.9 Å². The molecule has 0 saturated heterocycles. The second kappa shape index (κ2) is 8.52. The smallest absolute Gasteiger partial charge is 0.289 e. The monoisotopic (exact) mass is 376 g/mol. The van der Waals surface area contributed by atoms with Crippen LogP contribution in [0.25, 0.3) is 11.3 Å². The van der Waals surface area contributed by atoms with Crippen LogP contribution in [0.4, 0.5) is 0 Å². The molecule has 0 spiro atoms. The summed E-state index contributed by atoms with van der Waals surface area (Å²) >= 11 is 0. The summed E-state index contributed by atoms with van der Waals surface area (Å²) in [5, 5.41) is 20.4. The molecule has 0 bridgehead atoms. The molecule has 6 heteroatoms. The lowest BCUT2D eigenvalue weighted by molar-refractivity contribution is 0.0950. The van der Waals surface area contributed by atoms with E-state index in [9.17, 15) is 9.90 Å². The number of H-pyrrole nitrogens is 1. The van der Waals surface area contributed by atoms with Gasteiger partial charge in [-0.3, -0.25) is 9.89 Å². The van der Waals surface area contributed by atoms with E-state index in [1.807, 2.05) is 12.1 Å². The first kappa shape index (κ1) is 19.4. The highest BCUT2D eigenvalue weighted by molar-refractivity contribution is 6.00. The van der Waals surface area contributed by atoms with Crippen LogP contribution >= 0.6 is 0 Å². The van der Waals surface area contributed by atoms with E-state index in [0.717, 1.165) is 17.5 Å². The van der Waals surface area contributed by atoms with Gasteiger partial charge in [-0.1, -0.05) is 38.1 Å². The van der Waals surface area contributed by atoms with Gasteiger partial charge in [0.05, 0.1) is 11.4 Å². The first-order chi connectivity index (χ1) is 13.4. The number of amides is 1. The van der Waals surface area contributed by atoms with Crippen LogP contribution in [0, 0.1) is 5.92 Å². The van der Waals surface area contributed by atoms with Crippen LogP contribution in [0.2, 0.25) is 0 Å². The Morgan fingerprint density at radius 2 is 1.82 bits per heavy atom. The Balaban J connectivity index is 1.66. The van der Waals surface area contributed by atoms with Gasteiger partial charge in [0.25, 0.3) is 5.91 Å². The van der Waals surface area contributed by atoms with Crippen molar-refractivity contribution in [2.45, 2.75) is 27.2 Å². The van der Waals surface area contributed by atoms with Crippen LogP contribution < -0.4 is 5.43 Å². The Morgan fingerprint density at radius 3 is 2.46 bits per heavy atom. The molecule has 0 aliphatic heterocycles. The van der Waals surface area contributed by atoms with Gasteiger partial charge in [0, 0.05) is 5.56 Å². The van der Waals surface area contributed by atoms with Gasteiger partial charge in [0.1, 0.15) is 11.4 Å². The predicted molar refractivity (Wildman–Crippen MR) is 110 cm³/mol. The number of phenolic OH excluding ortho intramolecular Hbond substituents is 1. The fraction of sp³-hybridized carbons (Fsp3) is 0.227. The molecule has 3 rings (SSSR count). The number of carbonyl (C=O) groups is 1. The number of rotatable bonds is 6. The number of aromatic hydroxyl groups is 1. The Morgan fingerprint density at radius 1 is 1.14 bits per heavy atom. The van der Waals surface area contributed by atoms with Crippen LogP contribution in [-0.2, 0) is 6.42 Å². The maximum Gasteiger partial charge on any atom is 0.289 e. The van der Waals surface area contributed by atoms with Crippen molar-refractivity contribution < 1.29 is 9.90 Å². The standard InChI is InChI=1S/C22H24N4O2/c1-14(2)12-16-4-6-18(7-5-16)20-13-21(25-24-20)22(28)26-23-15(3)17-8-10-19(27)11-9-17/h4-11,13-14,27H,12H2,1-3H3,(H,24,25)(H,26,28)/b23-15+. The van der Waals surface area contributed by atoms with Crippen molar-refractivity contribution in [3.63, 3.8) is 0 Å². The molecule has 28 heavy (non-hydrogen) atoms. The third-order valence-corrected chi connectivity index (χ3v) is 4.33. The highest BCUT2D eigenvalue weighted by Gasteiger charge is 2.11. The molecule has 0 radical (unpaired) electrons. The van der Waals surface area contributed by atoms with Crippen LogP contribution in [0.1, 0.15) is 42.4 Å². The van der Waals surface area contributed by atoms with E-state index in [1.165, 1.54) is 5.56 Å². The number of hydrazone groups is 1. The molecular formula is C22H24N4O2. The number of aromatic nitrogens is 2. The quantitative estimate of drug-likeness (QED) is 0.446. The molecule has 3 N–H and O–H groups in total. The van der Waals surface area contributed by atoms with Crippen molar-refractivity contribution in [3.8, 4) is 17.0 Å². The highest BCUT2D eigenvalue weighted by Crippen LogP contribution is 2.19. The van der Waals surface area contributed by atoms with Crippen molar-refractivity contribution >= 4 is 11.6 Å². The summed E-state index contributed by atoms with van der Waals surface area (Å²) in [6, 6.07) is 16.5. The van der Waals surface area contributed by atoms with E-state index < -0.39 is 0 Å². The molecule has 6 nitrogen and oxygen atoms in total. The van der Waals surface area contributed by atoms with E-state index in [0.29, 0.717) is 23.0 Å². The molecule has 0 aliphatic carbocycles. The zero-order chi connectivity index (χ0) is 20.1. The molecule has 0 saturated carbocycles. The van der Waals surface area contributed by atoms with Crippen LogP contribution in [0.5, 0.6) is 5.75 Å². The fourth-order valence-corrected chi connectivity index (χ4v) is 2.83. The molecular weight excluding hydrogens is 352 g/mol. The Kier molecular flexibility index (Phi) is 5.89. The minimum absolute atomic E-state index is 0.183. The largest absolute Gasteiger partial charge is 0.508 e. The molecule has 0 aliphatic rings. The third kappa shape index (κ3) is 4.85. The topological polar surface area (TPSA) is 90.4 Å². The van der Waals surface area contributed by atoms with E-state index in [4.69, 9.17) is 0 Å². The first-order valence-electron chi connectivity index (χ1n) is 9.21. The summed E-state index contributed by atoms with van der Waals surface area (Å²) in [5.74, 6) is 0.424. The zero-order valence-corrected chi connectivity index (χ0v) is 16.2. The van der Waals surface area contributed by atoms with Crippen molar-refractivity contribution in [2.75, 3.05) is 0 Å². The van der Waals surface area contributed by atoms with Gasteiger partial charge in [-0.25, -0.2) is 5.43 Å². The summed E-state index contributed by atoms with van der Waals surface area (Å²) in [5.41, 5.74) is 7.25. The van der Waals surface area contributed by atoms with Crippen LogP contribution in [0.15, 0.2) is 59.7 Å². The third-order valence-electron chi connectivity index (χ3n) is 4.33. The summed E-state index contributed by atoms with van der Waals surface area (Å²) < 4.78 is 0. The Bertz CT molecular complexity index is 971. The minimum atomic E-state index is -0.367. The fourth-order valence-electron chi connectivity index (χ4n) is 2.83. The van der Waals surface area contributed by atoms with Gasteiger partial charge in [-0.05, 0) is 60.7 Å². The molecule has 0 unspecified atom stereocenters. The molecule has 1 heterocycles. The second-order valence-corrected chi connectivity index (χ2v) is 7.15.